The Labute approximate surface area is 162 Å². The topological polar surface area (TPSA) is 98.3 Å². The monoisotopic (exact) mass is 445 g/mol. The minimum Gasteiger partial charge on any atom is -0.398 e. The van der Waals surface area contributed by atoms with Crippen molar-refractivity contribution in [2.24, 2.45) is 0 Å². The highest BCUT2D eigenvalue weighted by Gasteiger charge is 2.38. The van der Waals surface area contributed by atoms with Gasteiger partial charge < -0.3 is 11.1 Å². The zero-order valence-electron chi connectivity index (χ0n) is 14.7. The SMILES string of the molecule is CC(=O)Nc1c([N+](=O)[O-])cc(F)cc1C(F)(F)F.Nc1ccc(F)cc1C(F)(F)F. The van der Waals surface area contributed by atoms with Gasteiger partial charge in [-0.2, -0.15) is 26.3 Å². The number of rotatable bonds is 2. The summed E-state index contributed by atoms with van der Waals surface area (Å²) in [6, 6.07) is 2.52. The molecule has 0 unspecified atom stereocenters. The predicted octanol–water partition coefficient (Wildman–Crippen LogP) is 5.14. The van der Waals surface area contributed by atoms with E-state index in [1.54, 1.807) is 5.32 Å². The van der Waals surface area contributed by atoms with Crippen LogP contribution < -0.4 is 11.1 Å². The maximum atomic E-state index is 12.9. The van der Waals surface area contributed by atoms with E-state index in [9.17, 15) is 50.0 Å². The predicted molar refractivity (Wildman–Crippen MR) is 88.2 cm³/mol. The number of nitro benzene ring substituents is 1. The molecule has 6 nitrogen and oxygen atoms in total. The molecule has 0 bridgehead atoms. The molecule has 0 spiro atoms. The van der Waals surface area contributed by atoms with Crippen LogP contribution >= 0.6 is 0 Å². The standard InChI is InChI=1S/C9H6F4N2O3.C7H5F4N/c1-4(16)14-8-6(9(11,12)13)2-5(10)3-7(8)15(17)18;8-4-1-2-6(12)5(3-4)7(9,10)11/h2-3H,1H3,(H,14,16);1-3H,12H2. The van der Waals surface area contributed by atoms with Gasteiger partial charge in [0.05, 0.1) is 22.1 Å². The number of nitrogens with two attached hydrogens (primary N) is 1. The molecule has 0 heterocycles. The second kappa shape index (κ2) is 8.92. The zero-order valence-corrected chi connectivity index (χ0v) is 14.7. The Morgan fingerprint density at radius 3 is 1.87 bits per heavy atom. The number of nitro groups is 1. The number of alkyl halides is 6. The van der Waals surface area contributed by atoms with Crippen LogP contribution in [0.15, 0.2) is 30.3 Å². The second-order valence-corrected chi connectivity index (χ2v) is 5.51. The fourth-order valence-corrected chi connectivity index (χ4v) is 2.04. The minimum atomic E-state index is -5.02. The van der Waals surface area contributed by atoms with Crippen molar-refractivity contribution in [1.29, 1.82) is 0 Å². The van der Waals surface area contributed by atoms with Gasteiger partial charge in [0, 0.05) is 12.6 Å². The van der Waals surface area contributed by atoms with Crippen LogP contribution in [0.5, 0.6) is 0 Å². The molecule has 0 fully saturated rings. The van der Waals surface area contributed by atoms with Gasteiger partial charge in [0.1, 0.15) is 17.3 Å². The lowest BCUT2D eigenvalue weighted by atomic mass is 10.1. The Balaban J connectivity index is 0.000000325. The van der Waals surface area contributed by atoms with Gasteiger partial charge in [-0.15, -0.1) is 0 Å². The smallest absolute Gasteiger partial charge is 0.398 e. The summed E-state index contributed by atoms with van der Waals surface area (Å²) in [7, 11) is 0. The van der Waals surface area contributed by atoms with Crippen molar-refractivity contribution in [2.45, 2.75) is 19.3 Å². The number of halogens is 8. The first-order valence-electron chi connectivity index (χ1n) is 7.49. The number of amides is 1. The Kier molecular flexibility index (Phi) is 7.31. The van der Waals surface area contributed by atoms with Crippen LogP contribution in [-0.2, 0) is 17.1 Å². The number of carbonyl (C=O) groups is 1. The van der Waals surface area contributed by atoms with E-state index >= 15 is 0 Å². The minimum absolute atomic E-state index is 0.0816. The number of benzene rings is 2. The van der Waals surface area contributed by atoms with E-state index in [1.165, 1.54) is 0 Å². The first-order valence-corrected chi connectivity index (χ1v) is 7.49. The van der Waals surface area contributed by atoms with Crippen LogP contribution in [0.25, 0.3) is 0 Å². The lowest BCUT2D eigenvalue weighted by molar-refractivity contribution is -0.384. The van der Waals surface area contributed by atoms with Crippen LogP contribution in [0.4, 0.5) is 52.2 Å². The van der Waals surface area contributed by atoms with E-state index in [0.29, 0.717) is 12.1 Å². The molecular formula is C16H11F8N3O3. The summed E-state index contributed by atoms with van der Waals surface area (Å²) < 4.78 is 98.9. The van der Waals surface area contributed by atoms with Crippen molar-refractivity contribution in [1.82, 2.24) is 0 Å². The van der Waals surface area contributed by atoms with Crippen molar-refractivity contribution >= 4 is 23.0 Å². The molecule has 0 saturated carbocycles. The van der Waals surface area contributed by atoms with E-state index in [2.05, 4.69) is 0 Å². The molecular weight excluding hydrogens is 434 g/mol. The van der Waals surface area contributed by atoms with Crippen LogP contribution in [0.3, 0.4) is 0 Å². The van der Waals surface area contributed by atoms with Gasteiger partial charge in [0.2, 0.25) is 5.91 Å². The number of anilines is 2. The molecule has 2 rings (SSSR count). The molecule has 0 aliphatic rings. The quantitative estimate of drug-likeness (QED) is 0.290. The zero-order chi connectivity index (χ0) is 23.4. The largest absolute Gasteiger partial charge is 0.418 e. The number of hydrogen-bond donors (Lipinski definition) is 2. The van der Waals surface area contributed by atoms with Crippen molar-refractivity contribution in [2.75, 3.05) is 11.1 Å². The molecule has 1 amide bonds. The van der Waals surface area contributed by atoms with Crippen molar-refractivity contribution in [3.63, 3.8) is 0 Å². The highest BCUT2D eigenvalue weighted by atomic mass is 19.4. The molecule has 2 aromatic carbocycles. The van der Waals surface area contributed by atoms with Crippen LogP contribution in [-0.4, -0.2) is 10.8 Å². The number of hydrogen-bond acceptors (Lipinski definition) is 4. The average molecular weight is 445 g/mol. The maximum Gasteiger partial charge on any atom is 0.418 e. The van der Waals surface area contributed by atoms with Gasteiger partial charge >= 0.3 is 12.4 Å². The molecule has 0 aliphatic heterocycles. The number of nitrogens with one attached hydrogen (secondary N) is 1. The van der Waals surface area contributed by atoms with Crippen molar-refractivity contribution in [3.05, 3.63) is 63.2 Å². The summed E-state index contributed by atoms with van der Waals surface area (Å²) in [6.07, 6.45) is -9.61. The van der Waals surface area contributed by atoms with Crippen LogP contribution in [0.2, 0.25) is 0 Å². The number of nitrogen functional groups attached to an aromatic ring is 1. The normalized spacial score (nSPS) is 11.4. The van der Waals surface area contributed by atoms with E-state index in [1.807, 2.05) is 0 Å². The van der Waals surface area contributed by atoms with E-state index in [4.69, 9.17) is 5.73 Å². The highest BCUT2D eigenvalue weighted by molar-refractivity contribution is 5.92. The molecule has 0 aliphatic carbocycles. The molecule has 30 heavy (non-hydrogen) atoms. The molecule has 14 heteroatoms. The Morgan fingerprint density at radius 1 is 0.967 bits per heavy atom. The van der Waals surface area contributed by atoms with Crippen LogP contribution in [0, 0.1) is 21.7 Å². The molecule has 2 aromatic rings. The van der Waals surface area contributed by atoms with Crippen molar-refractivity contribution in [3.8, 4) is 0 Å². The van der Waals surface area contributed by atoms with E-state index in [-0.39, 0.29) is 6.07 Å². The van der Waals surface area contributed by atoms with E-state index < -0.39 is 63.0 Å². The third kappa shape index (κ3) is 6.56. The summed E-state index contributed by atoms with van der Waals surface area (Å²) >= 11 is 0. The molecule has 164 valence electrons. The molecule has 0 aromatic heterocycles. The van der Waals surface area contributed by atoms with Gasteiger partial charge in [0.25, 0.3) is 5.69 Å². The lowest BCUT2D eigenvalue weighted by Crippen LogP contribution is -2.16. The maximum absolute atomic E-state index is 12.9. The van der Waals surface area contributed by atoms with Gasteiger partial charge in [-0.1, -0.05) is 0 Å². The summed E-state index contributed by atoms with van der Waals surface area (Å²) in [5.74, 6) is -3.30. The van der Waals surface area contributed by atoms with Crippen molar-refractivity contribution < 1.29 is 44.8 Å². The van der Waals surface area contributed by atoms with Crippen LogP contribution in [0.1, 0.15) is 18.1 Å². The average Bonchev–Trinajstić information content (AvgIpc) is 2.56. The lowest BCUT2D eigenvalue weighted by Gasteiger charge is -2.13. The third-order valence-electron chi connectivity index (χ3n) is 3.21. The summed E-state index contributed by atoms with van der Waals surface area (Å²) in [6.45, 7) is 0.882. The first-order chi connectivity index (χ1) is 13.5. The summed E-state index contributed by atoms with van der Waals surface area (Å²) in [4.78, 5) is 20.1. The Bertz CT molecular complexity index is 958. The first kappa shape index (κ1) is 24.6. The Morgan fingerprint density at radius 2 is 1.47 bits per heavy atom. The van der Waals surface area contributed by atoms with Gasteiger partial charge in [0.15, 0.2) is 0 Å². The Hall–Kier alpha value is -3.45. The van der Waals surface area contributed by atoms with Gasteiger partial charge in [-0.3, -0.25) is 14.9 Å². The second-order valence-electron chi connectivity index (χ2n) is 5.51. The molecule has 0 radical (unpaired) electrons. The fraction of sp³-hybridized carbons (Fsp3) is 0.188. The summed E-state index contributed by atoms with van der Waals surface area (Å²) in [5.41, 5.74) is -0.447. The fourth-order valence-electron chi connectivity index (χ4n) is 2.04. The molecule has 0 atom stereocenters. The number of carbonyl (C=O) groups excluding carboxylic acids is 1. The molecule has 3 N–H and O–H groups in total. The summed E-state index contributed by atoms with van der Waals surface area (Å²) in [5, 5.41) is 12.2. The third-order valence-corrected chi connectivity index (χ3v) is 3.21. The number of nitrogens with zero attached hydrogens (tertiary/aromatic N) is 1. The molecule has 0 saturated heterocycles. The van der Waals surface area contributed by atoms with Gasteiger partial charge in [-0.05, 0) is 24.3 Å². The van der Waals surface area contributed by atoms with E-state index in [0.717, 1.165) is 19.1 Å². The van der Waals surface area contributed by atoms with Gasteiger partial charge in [-0.25, -0.2) is 8.78 Å². The highest BCUT2D eigenvalue weighted by Crippen LogP contribution is 2.40.